The van der Waals surface area contributed by atoms with Gasteiger partial charge in [0.15, 0.2) is 5.65 Å². The van der Waals surface area contributed by atoms with Crippen molar-refractivity contribution >= 4 is 22.9 Å². The molecule has 1 fully saturated rings. The van der Waals surface area contributed by atoms with Crippen LogP contribution in [0.15, 0.2) is 48.9 Å². The molecule has 0 radical (unpaired) electrons. The van der Waals surface area contributed by atoms with Crippen LogP contribution in [0.3, 0.4) is 0 Å². The number of aryl methyl sites for hydroxylation is 2. The first-order valence-corrected chi connectivity index (χ1v) is 12.4. The van der Waals surface area contributed by atoms with E-state index >= 15 is 0 Å². The van der Waals surface area contributed by atoms with E-state index in [0.717, 1.165) is 30.5 Å². The normalized spacial score (nSPS) is 14.2. The Kier molecular flexibility index (Phi) is 7.02. The fraction of sp³-hybridized carbons (Fsp3) is 0.333. The number of pyridine rings is 1. The molecule has 0 atom stereocenters. The number of imidazole rings is 1. The Balaban J connectivity index is 1.47. The first kappa shape index (κ1) is 25.7. The molecule has 1 saturated heterocycles. The Labute approximate surface area is 217 Å². The summed E-state index contributed by atoms with van der Waals surface area (Å²) < 4.78 is 48.0. The van der Waals surface area contributed by atoms with Gasteiger partial charge in [-0.1, -0.05) is 19.4 Å². The standard InChI is InChI=1S/C27H27F3N6O2/c1-3-4-18-5-6-19(13-22(18)27(28,29)30)26(37)33-20-14-21(17(2)32-16-20)23-15-24(35-9-11-38-12-10-35)25-31-7-8-36(25)34-23/h5-8,13-16H,3-4,9-12H2,1-2H3,(H,33,37). The number of amides is 1. The molecule has 1 aromatic carbocycles. The predicted molar refractivity (Wildman–Crippen MR) is 137 cm³/mol. The van der Waals surface area contributed by atoms with Crippen molar-refractivity contribution in [3.05, 3.63) is 71.3 Å². The Hall–Kier alpha value is -3.99. The lowest BCUT2D eigenvalue weighted by atomic mass is 9.99. The Bertz CT molecular complexity index is 1480. The zero-order valence-corrected chi connectivity index (χ0v) is 21.0. The number of nitrogens with one attached hydrogen (secondary N) is 1. The van der Waals surface area contributed by atoms with Crippen molar-refractivity contribution in [2.75, 3.05) is 36.5 Å². The number of carbonyl (C=O) groups is 1. The molecule has 198 valence electrons. The summed E-state index contributed by atoms with van der Waals surface area (Å²) in [5, 5.41) is 7.38. The van der Waals surface area contributed by atoms with Crippen molar-refractivity contribution in [1.82, 2.24) is 19.6 Å². The molecule has 0 bridgehead atoms. The van der Waals surface area contributed by atoms with Crippen LogP contribution >= 0.6 is 0 Å². The Morgan fingerprint density at radius 3 is 2.66 bits per heavy atom. The summed E-state index contributed by atoms with van der Waals surface area (Å²) in [4.78, 5) is 24.0. The van der Waals surface area contributed by atoms with E-state index in [1.807, 2.05) is 19.9 Å². The fourth-order valence-electron chi connectivity index (χ4n) is 4.60. The average molecular weight is 525 g/mol. The van der Waals surface area contributed by atoms with Crippen molar-refractivity contribution < 1.29 is 22.7 Å². The zero-order valence-electron chi connectivity index (χ0n) is 21.0. The highest BCUT2D eigenvalue weighted by molar-refractivity contribution is 6.04. The zero-order chi connectivity index (χ0) is 26.9. The molecule has 11 heteroatoms. The van der Waals surface area contributed by atoms with E-state index in [-0.39, 0.29) is 17.5 Å². The summed E-state index contributed by atoms with van der Waals surface area (Å²) in [6, 6.07) is 7.36. The van der Waals surface area contributed by atoms with Gasteiger partial charge in [-0.05, 0) is 43.2 Å². The maximum Gasteiger partial charge on any atom is 0.416 e. The second kappa shape index (κ2) is 10.4. The van der Waals surface area contributed by atoms with Crippen LogP contribution in [0.1, 0.15) is 40.5 Å². The molecular formula is C27H27F3N6O2. The van der Waals surface area contributed by atoms with Crippen LogP contribution in [0.5, 0.6) is 0 Å². The molecule has 1 aliphatic heterocycles. The Morgan fingerprint density at radius 2 is 1.92 bits per heavy atom. The van der Waals surface area contributed by atoms with Gasteiger partial charge in [-0.15, -0.1) is 0 Å². The second-order valence-electron chi connectivity index (χ2n) is 9.14. The summed E-state index contributed by atoms with van der Waals surface area (Å²) in [6.45, 7) is 6.31. The van der Waals surface area contributed by atoms with Gasteiger partial charge in [0.25, 0.3) is 5.91 Å². The van der Waals surface area contributed by atoms with Gasteiger partial charge in [-0.3, -0.25) is 9.78 Å². The first-order valence-electron chi connectivity index (χ1n) is 12.4. The summed E-state index contributed by atoms with van der Waals surface area (Å²) in [7, 11) is 0. The predicted octanol–water partition coefficient (Wildman–Crippen LogP) is 5.16. The number of aromatic nitrogens is 4. The Morgan fingerprint density at radius 1 is 1.13 bits per heavy atom. The van der Waals surface area contributed by atoms with E-state index in [0.29, 0.717) is 42.3 Å². The van der Waals surface area contributed by atoms with Gasteiger partial charge in [0, 0.05) is 42.3 Å². The van der Waals surface area contributed by atoms with E-state index in [2.05, 4.69) is 25.3 Å². The molecule has 0 aliphatic carbocycles. The monoisotopic (exact) mass is 524 g/mol. The van der Waals surface area contributed by atoms with E-state index in [1.54, 1.807) is 23.0 Å². The molecule has 1 N–H and O–H groups in total. The molecule has 1 amide bonds. The van der Waals surface area contributed by atoms with E-state index in [9.17, 15) is 18.0 Å². The maximum atomic E-state index is 13.6. The number of benzene rings is 1. The van der Waals surface area contributed by atoms with Crippen LogP contribution in [-0.2, 0) is 17.3 Å². The van der Waals surface area contributed by atoms with Crippen LogP contribution in [0.25, 0.3) is 16.9 Å². The SMILES string of the molecule is CCCc1ccc(C(=O)Nc2cnc(C)c(-c3cc(N4CCOCC4)c4nccn4n3)c2)cc1C(F)(F)F. The van der Waals surface area contributed by atoms with E-state index in [4.69, 9.17) is 4.74 Å². The van der Waals surface area contributed by atoms with Crippen molar-refractivity contribution in [2.45, 2.75) is 32.9 Å². The molecular weight excluding hydrogens is 497 g/mol. The van der Waals surface area contributed by atoms with Gasteiger partial charge >= 0.3 is 6.18 Å². The van der Waals surface area contributed by atoms with Gasteiger partial charge < -0.3 is 15.0 Å². The molecule has 4 aromatic rings. The lowest BCUT2D eigenvalue weighted by Gasteiger charge is -2.29. The van der Waals surface area contributed by atoms with Crippen molar-refractivity contribution in [3.8, 4) is 11.3 Å². The highest BCUT2D eigenvalue weighted by atomic mass is 19.4. The van der Waals surface area contributed by atoms with Crippen molar-refractivity contribution in [1.29, 1.82) is 0 Å². The number of hydrogen-bond acceptors (Lipinski definition) is 6. The smallest absolute Gasteiger partial charge is 0.378 e. The third-order valence-corrected chi connectivity index (χ3v) is 6.51. The number of alkyl halides is 3. The van der Waals surface area contributed by atoms with Crippen LogP contribution < -0.4 is 10.2 Å². The summed E-state index contributed by atoms with van der Waals surface area (Å²) >= 11 is 0. The van der Waals surface area contributed by atoms with E-state index < -0.39 is 17.6 Å². The van der Waals surface area contributed by atoms with Crippen LogP contribution in [0.4, 0.5) is 24.5 Å². The lowest BCUT2D eigenvalue weighted by Crippen LogP contribution is -2.36. The molecule has 3 aromatic heterocycles. The van der Waals surface area contributed by atoms with Gasteiger partial charge in [-0.25, -0.2) is 9.50 Å². The molecule has 4 heterocycles. The maximum absolute atomic E-state index is 13.6. The largest absolute Gasteiger partial charge is 0.416 e. The number of fused-ring (bicyclic) bond motifs is 1. The molecule has 38 heavy (non-hydrogen) atoms. The second-order valence-corrected chi connectivity index (χ2v) is 9.14. The topological polar surface area (TPSA) is 84.7 Å². The number of nitrogens with zero attached hydrogens (tertiary/aromatic N) is 5. The van der Waals surface area contributed by atoms with Crippen molar-refractivity contribution in [2.24, 2.45) is 0 Å². The fourth-order valence-corrected chi connectivity index (χ4v) is 4.60. The highest BCUT2D eigenvalue weighted by Gasteiger charge is 2.33. The number of halogens is 3. The number of ether oxygens (including phenoxy) is 1. The molecule has 0 unspecified atom stereocenters. The number of anilines is 2. The van der Waals surface area contributed by atoms with Crippen molar-refractivity contribution in [3.63, 3.8) is 0 Å². The minimum absolute atomic E-state index is 0.0770. The lowest BCUT2D eigenvalue weighted by molar-refractivity contribution is -0.138. The quantitative estimate of drug-likeness (QED) is 0.375. The highest BCUT2D eigenvalue weighted by Crippen LogP contribution is 2.34. The van der Waals surface area contributed by atoms with Gasteiger partial charge in [0.1, 0.15) is 0 Å². The van der Waals surface area contributed by atoms with Crippen LogP contribution in [-0.4, -0.2) is 51.8 Å². The summed E-state index contributed by atoms with van der Waals surface area (Å²) in [6.07, 6.45) is 1.22. The van der Waals surface area contributed by atoms with Crippen LogP contribution in [0, 0.1) is 6.92 Å². The third-order valence-electron chi connectivity index (χ3n) is 6.51. The number of morpholine rings is 1. The molecule has 5 rings (SSSR count). The summed E-state index contributed by atoms with van der Waals surface area (Å²) in [5.41, 5.74) is 3.28. The minimum atomic E-state index is -4.55. The first-order chi connectivity index (χ1) is 18.2. The molecule has 8 nitrogen and oxygen atoms in total. The molecule has 1 aliphatic rings. The number of carbonyl (C=O) groups excluding carboxylic acids is 1. The summed E-state index contributed by atoms with van der Waals surface area (Å²) in [5.74, 6) is -0.651. The average Bonchev–Trinajstić information content (AvgIpc) is 3.38. The van der Waals surface area contributed by atoms with Gasteiger partial charge in [-0.2, -0.15) is 18.3 Å². The molecule has 0 saturated carbocycles. The third kappa shape index (κ3) is 5.19. The minimum Gasteiger partial charge on any atom is -0.378 e. The van der Waals surface area contributed by atoms with Crippen LogP contribution in [0.2, 0.25) is 0 Å². The number of rotatable bonds is 6. The molecule has 0 spiro atoms. The van der Waals surface area contributed by atoms with Gasteiger partial charge in [0.2, 0.25) is 0 Å². The number of hydrogen-bond donors (Lipinski definition) is 1. The van der Waals surface area contributed by atoms with Gasteiger partial charge in [0.05, 0.1) is 42.0 Å². The van der Waals surface area contributed by atoms with E-state index in [1.165, 1.54) is 18.3 Å².